The van der Waals surface area contributed by atoms with Crippen LogP contribution >= 0.6 is 0 Å². The predicted molar refractivity (Wildman–Crippen MR) is 94.1 cm³/mol. The van der Waals surface area contributed by atoms with Crippen LogP contribution in [0.2, 0.25) is 0 Å². The number of aliphatic hydroxyl groups excluding tert-OH is 3. The highest BCUT2D eigenvalue weighted by Gasteiger charge is 2.44. The Labute approximate surface area is 154 Å². The van der Waals surface area contributed by atoms with Gasteiger partial charge in [0.25, 0.3) is 0 Å². The standard InChI is InChI=1S/C18H20N4O5/c1-26-11-4-2-10(3-5-11)6-12-14-17(20-8-19-12)22(9-21-14)18-16(25)15(24)13(7-23)27-18/h2-5,8-9,13,15-16,18,23-25H,6-7H2,1H3/t13-,15-,16-,18-/m1/s1. The maximum Gasteiger partial charge on any atom is 0.165 e. The molecule has 1 fully saturated rings. The van der Waals surface area contributed by atoms with Crippen LogP contribution in [0.25, 0.3) is 11.2 Å². The molecule has 0 bridgehead atoms. The van der Waals surface area contributed by atoms with Crippen LogP contribution in [-0.2, 0) is 11.2 Å². The second kappa shape index (κ2) is 7.20. The average Bonchev–Trinajstić information content (AvgIpc) is 3.25. The normalized spacial score (nSPS) is 25.2. The average molecular weight is 372 g/mol. The lowest BCUT2D eigenvalue weighted by Crippen LogP contribution is -2.33. The molecule has 1 aromatic carbocycles. The fourth-order valence-electron chi connectivity index (χ4n) is 3.26. The van der Waals surface area contributed by atoms with Crippen molar-refractivity contribution in [2.24, 2.45) is 0 Å². The van der Waals surface area contributed by atoms with Crippen molar-refractivity contribution in [3.63, 3.8) is 0 Å². The number of rotatable bonds is 5. The zero-order chi connectivity index (χ0) is 19.0. The monoisotopic (exact) mass is 372 g/mol. The van der Waals surface area contributed by atoms with Gasteiger partial charge < -0.3 is 24.8 Å². The molecule has 0 saturated carbocycles. The van der Waals surface area contributed by atoms with Crippen LogP contribution in [0.5, 0.6) is 5.75 Å². The van der Waals surface area contributed by atoms with Crippen molar-refractivity contribution < 1.29 is 24.8 Å². The summed E-state index contributed by atoms with van der Waals surface area (Å²) in [4.78, 5) is 13.0. The highest BCUT2D eigenvalue weighted by Crippen LogP contribution is 2.31. The van der Waals surface area contributed by atoms with Gasteiger partial charge in [-0.1, -0.05) is 12.1 Å². The molecular weight excluding hydrogens is 352 g/mol. The Balaban J connectivity index is 1.65. The minimum absolute atomic E-state index is 0.390. The minimum atomic E-state index is -1.19. The molecule has 4 atom stereocenters. The van der Waals surface area contributed by atoms with Gasteiger partial charge in [0.1, 0.15) is 35.9 Å². The molecule has 4 rings (SSSR count). The molecule has 2 aromatic heterocycles. The van der Waals surface area contributed by atoms with E-state index in [0.29, 0.717) is 17.6 Å². The molecule has 3 aromatic rings. The summed E-state index contributed by atoms with van der Waals surface area (Å²) in [5.41, 5.74) is 2.85. The maximum atomic E-state index is 10.3. The Bertz CT molecular complexity index is 929. The SMILES string of the molecule is COc1ccc(Cc2ncnc3c2ncn3[C@@H]2O[C@H](CO)[C@@H](O)[C@H]2O)cc1. The smallest absolute Gasteiger partial charge is 0.165 e. The maximum absolute atomic E-state index is 10.3. The molecule has 3 N–H and O–H groups in total. The molecule has 142 valence electrons. The first-order chi connectivity index (χ1) is 13.1. The molecule has 0 radical (unpaired) electrons. The van der Waals surface area contributed by atoms with Crippen molar-refractivity contribution in [3.05, 3.63) is 48.2 Å². The van der Waals surface area contributed by atoms with Crippen molar-refractivity contribution in [2.45, 2.75) is 31.0 Å². The number of aliphatic hydroxyl groups is 3. The predicted octanol–water partition coefficient (Wildman–Crippen LogP) is 0.0372. The van der Waals surface area contributed by atoms with Gasteiger partial charge in [0, 0.05) is 6.42 Å². The van der Waals surface area contributed by atoms with Gasteiger partial charge in [0.15, 0.2) is 11.9 Å². The van der Waals surface area contributed by atoms with Crippen molar-refractivity contribution in [3.8, 4) is 5.75 Å². The Morgan fingerprint density at radius 1 is 1.11 bits per heavy atom. The van der Waals surface area contributed by atoms with Crippen LogP contribution in [0.15, 0.2) is 36.9 Å². The second-order valence-corrected chi connectivity index (χ2v) is 6.40. The Kier molecular flexibility index (Phi) is 4.75. The van der Waals surface area contributed by atoms with Crippen molar-refractivity contribution >= 4 is 11.2 Å². The fourth-order valence-corrected chi connectivity index (χ4v) is 3.26. The van der Waals surface area contributed by atoms with Gasteiger partial charge in [0.05, 0.1) is 25.7 Å². The first-order valence-corrected chi connectivity index (χ1v) is 8.54. The van der Waals surface area contributed by atoms with E-state index < -0.39 is 24.5 Å². The summed E-state index contributed by atoms with van der Waals surface area (Å²) in [5.74, 6) is 0.778. The molecule has 1 aliphatic rings. The highest BCUT2D eigenvalue weighted by atomic mass is 16.6. The number of ether oxygens (including phenoxy) is 2. The number of nitrogens with zero attached hydrogens (tertiary/aromatic N) is 4. The lowest BCUT2D eigenvalue weighted by Gasteiger charge is -2.16. The Morgan fingerprint density at radius 3 is 2.56 bits per heavy atom. The summed E-state index contributed by atoms with van der Waals surface area (Å²) >= 11 is 0. The number of hydrogen-bond acceptors (Lipinski definition) is 8. The molecule has 1 aliphatic heterocycles. The summed E-state index contributed by atoms with van der Waals surface area (Å²) in [5, 5.41) is 29.5. The van der Waals surface area contributed by atoms with Gasteiger partial charge in [-0.3, -0.25) is 4.57 Å². The Morgan fingerprint density at radius 2 is 1.89 bits per heavy atom. The number of imidazole rings is 1. The molecular formula is C18H20N4O5. The molecule has 9 heteroatoms. The molecule has 27 heavy (non-hydrogen) atoms. The van der Waals surface area contributed by atoms with Crippen molar-refractivity contribution in [1.82, 2.24) is 19.5 Å². The number of benzene rings is 1. The first kappa shape index (κ1) is 17.8. The van der Waals surface area contributed by atoms with Gasteiger partial charge in [-0.05, 0) is 17.7 Å². The van der Waals surface area contributed by atoms with Crippen molar-refractivity contribution in [2.75, 3.05) is 13.7 Å². The molecule has 0 spiro atoms. The molecule has 0 amide bonds. The number of fused-ring (bicyclic) bond motifs is 1. The summed E-state index contributed by atoms with van der Waals surface area (Å²) in [6, 6.07) is 7.67. The second-order valence-electron chi connectivity index (χ2n) is 6.40. The van der Waals surface area contributed by atoms with Gasteiger partial charge in [-0.25, -0.2) is 15.0 Å². The van der Waals surface area contributed by atoms with E-state index in [-0.39, 0.29) is 6.61 Å². The lowest BCUT2D eigenvalue weighted by molar-refractivity contribution is -0.0511. The number of methoxy groups -OCH3 is 1. The summed E-state index contributed by atoms with van der Waals surface area (Å²) < 4.78 is 12.3. The number of hydrogen-bond donors (Lipinski definition) is 3. The third-order valence-corrected chi connectivity index (χ3v) is 4.76. The van der Waals surface area contributed by atoms with Gasteiger partial charge in [0.2, 0.25) is 0 Å². The van der Waals surface area contributed by atoms with E-state index in [1.165, 1.54) is 12.7 Å². The summed E-state index contributed by atoms with van der Waals surface area (Å²) in [6.45, 7) is -0.390. The topological polar surface area (TPSA) is 123 Å². The minimum Gasteiger partial charge on any atom is -0.497 e. The van der Waals surface area contributed by atoms with Crippen LogP contribution in [0, 0.1) is 0 Å². The summed E-state index contributed by atoms with van der Waals surface area (Å²) in [6.07, 6.45) is -0.639. The van der Waals surface area contributed by atoms with E-state index >= 15 is 0 Å². The van der Waals surface area contributed by atoms with Crippen molar-refractivity contribution in [1.29, 1.82) is 0 Å². The molecule has 3 heterocycles. The van der Waals surface area contributed by atoms with E-state index in [0.717, 1.165) is 17.0 Å². The Hall–Kier alpha value is -2.59. The van der Waals surface area contributed by atoms with E-state index in [1.54, 1.807) is 11.7 Å². The van der Waals surface area contributed by atoms with Gasteiger partial charge in [-0.15, -0.1) is 0 Å². The first-order valence-electron chi connectivity index (χ1n) is 8.54. The highest BCUT2D eigenvalue weighted by molar-refractivity contribution is 5.73. The van der Waals surface area contributed by atoms with E-state index in [9.17, 15) is 15.3 Å². The zero-order valence-corrected chi connectivity index (χ0v) is 14.6. The zero-order valence-electron chi connectivity index (χ0n) is 14.6. The third-order valence-electron chi connectivity index (χ3n) is 4.76. The number of aromatic nitrogens is 4. The van der Waals surface area contributed by atoms with Crippen LogP contribution in [0.3, 0.4) is 0 Å². The van der Waals surface area contributed by atoms with Gasteiger partial charge in [-0.2, -0.15) is 0 Å². The van der Waals surface area contributed by atoms with Crippen LogP contribution in [-0.4, -0.2) is 66.9 Å². The largest absolute Gasteiger partial charge is 0.497 e. The molecule has 0 aliphatic carbocycles. The third kappa shape index (κ3) is 3.15. The fraction of sp³-hybridized carbons (Fsp3) is 0.389. The lowest BCUT2D eigenvalue weighted by atomic mass is 10.1. The van der Waals surface area contributed by atoms with E-state index in [4.69, 9.17) is 9.47 Å². The van der Waals surface area contributed by atoms with Crippen LogP contribution in [0.4, 0.5) is 0 Å². The molecule has 1 saturated heterocycles. The molecule has 9 nitrogen and oxygen atoms in total. The summed E-state index contributed by atoms with van der Waals surface area (Å²) in [7, 11) is 1.62. The van der Waals surface area contributed by atoms with Crippen LogP contribution in [0.1, 0.15) is 17.5 Å². The van der Waals surface area contributed by atoms with E-state index in [2.05, 4.69) is 15.0 Å². The van der Waals surface area contributed by atoms with E-state index in [1.807, 2.05) is 24.3 Å². The van der Waals surface area contributed by atoms with Crippen LogP contribution < -0.4 is 4.74 Å². The quantitative estimate of drug-likeness (QED) is 0.574. The molecule has 0 unspecified atom stereocenters. The van der Waals surface area contributed by atoms with Gasteiger partial charge >= 0.3 is 0 Å².